The van der Waals surface area contributed by atoms with Crippen LogP contribution in [0.2, 0.25) is 0 Å². The summed E-state index contributed by atoms with van der Waals surface area (Å²) < 4.78 is 18.8. The summed E-state index contributed by atoms with van der Waals surface area (Å²) in [6.07, 6.45) is 4.61. The van der Waals surface area contributed by atoms with E-state index in [0.717, 1.165) is 12.8 Å². The molecule has 1 amide bonds. The molecule has 1 saturated heterocycles. The predicted molar refractivity (Wildman–Crippen MR) is 108 cm³/mol. The fraction of sp³-hybridized carbons (Fsp3) is 0.600. The molecule has 0 spiro atoms. The van der Waals surface area contributed by atoms with E-state index in [0.29, 0.717) is 13.1 Å². The second-order valence-electron chi connectivity index (χ2n) is 7.44. The minimum atomic E-state index is -0.768. The largest absolute Gasteiger partial charge is 0.486 e. The molecular formula is C20H28N4O6. The molecule has 0 unspecified atom stereocenters. The summed E-state index contributed by atoms with van der Waals surface area (Å²) in [7, 11) is 1.21. The Labute approximate surface area is 174 Å². The summed E-state index contributed by atoms with van der Waals surface area (Å²) in [6, 6.07) is 0. The molecule has 0 aromatic carbocycles. The van der Waals surface area contributed by atoms with Gasteiger partial charge in [0.1, 0.15) is 6.54 Å². The van der Waals surface area contributed by atoms with E-state index in [1.165, 1.54) is 22.3 Å². The molecule has 0 saturated carbocycles. The summed E-state index contributed by atoms with van der Waals surface area (Å²) in [6.45, 7) is 7.11. The van der Waals surface area contributed by atoms with Crippen LogP contribution in [0.5, 0.6) is 5.75 Å². The van der Waals surface area contributed by atoms with Crippen LogP contribution in [0.1, 0.15) is 44.1 Å². The standard InChI is InChI=1S/C20H28N4O6/c1-5-6-9-29-17-16(19(27)28-4)21-20-22(7-8-24(20)18(17)26)12-15(25)23-10-13(2)30-14(3)11-23/h7-8,13-14H,5-6,9-12H2,1-4H3/t13-,14-/m0/s1. The van der Waals surface area contributed by atoms with Gasteiger partial charge in [0.05, 0.1) is 25.9 Å². The highest BCUT2D eigenvalue weighted by molar-refractivity contribution is 5.90. The SMILES string of the molecule is CCCCOc1c(C(=O)OC)nc2n(CC(=O)N3C[C@H](C)O[C@@H](C)C3)ccn2c1=O. The van der Waals surface area contributed by atoms with Crippen LogP contribution in [0.25, 0.3) is 5.78 Å². The molecule has 2 atom stereocenters. The Kier molecular flexibility index (Phi) is 6.76. The van der Waals surface area contributed by atoms with E-state index in [1.807, 2.05) is 20.8 Å². The molecule has 10 nitrogen and oxygen atoms in total. The van der Waals surface area contributed by atoms with Crippen molar-refractivity contribution in [1.29, 1.82) is 0 Å². The number of aromatic nitrogens is 3. The second kappa shape index (κ2) is 9.29. The number of esters is 1. The smallest absolute Gasteiger partial charge is 0.360 e. The van der Waals surface area contributed by atoms with Crippen LogP contribution in [-0.4, -0.2) is 69.7 Å². The lowest BCUT2D eigenvalue weighted by Crippen LogP contribution is -2.49. The third-order valence-corrected chi connectivity index (χ3v) is 4.91. The fourth-order valence-corrected chi connectivity index (χ4v) is 3.49. The molecule has 3 rings (SSSR count). The normalized spacial score (nSPS) is 19.1. The Morgan fingerprint density at radius 3 is 2.57 bits per heavy atom. The zero-order valence-electron chi connectivity index (χ0n) is 17.8. The maximum Gasteiger partial charge on any atom is 0.360 e. The van der Waals surface area contributed by atoms with Gasteiger partial charge in [0.2, 0.25) is 17.4 Å². The zero-order chi connectivity index (χ0) is 21.8. The molecule has 1 fully saturated rings. The molecule has 0 aliphatic carbocycles. The lowest BCUT2D eigenvalue weighted by atomic mass is 10.2. The molecule has 0 N–H and O–H groups in total. The molecule has 2 aromatic heterocycles. The highest BCUT2D eigenvalue weighted by atomic mass is 16.5. The van der Waals surface area contributed by atoms with E-state index in [9.17, 15) is 14.4 Å². The Bertz CT molecular complexity index is 972. The number of carbonyl (C=O) groups is 2. The maximum atomic E-state index is 12.9. The first-order valence-electron chi connectivity index (χ1n) is 10.1. The van der Waals surface area contributed by atoms with Crippen molar-refractivity contribution >= 4 is 17.7 Å². The summed E-state index contributed by atoms with van der Waals surface area (Å²) in [5, 5.41) is 0. The summed E-state index contributed by atoms with van der Waals surface area (Å²) in [4.78, 5) is 44.0. The van der Waals surface area contributed by atoms with Gasteiger partial charge in [0.25, 0.3) is 0 Å². The monoisotopic (exact) mass is 420 g/mol. The molecule has 0 radical (unpaired) electrons. The maximum absolute atomic E-state index is 12.9. The topological polar surface area (TPSA) is 104 Å². The third-order valence-electron chi connectivity index (χ3n) is 4.91. The van der Waals surface area contributed by atoms with Crippen molar-refractivity contribution in [2.24, 2.45) is 0 Å². The van der Waals surface area contributed by atoms with Crippen molar-refractivity contribution in [2.75, 3.05) is 26.8 Å². The van der Waals surface area contributed by atoms with Crippen molar-refractivity contribution < 1.29 is 23.8 Å². The van der Waals surface area contributed by atoms with E-state index >= 15 is 0 Å². The number of morpholine rings is 1. The van der Waals surface area contributed by atoms with Gasteiger partial charge in [-0.2, -0.15) is 0 Å². The van der Waals surface area contributed by atoms with Crippen LogP contribution < -0.4 is 10.3 Å². The lowest BCUT2D eigenvalue weighted by Gasteiger charge is -2.35. The first kappa shape index (κ1) is 21.8. The molecule has 1 aliphatic heterocycles. The highest BCUT2D eigenvalue weighted by Gasteiger charge is 2.27. The van der Waals surface area contributed by atoms with Crippen LogP contribution in [0.15, 0.2) is 17.2 Å². The van der Waals surface area contributed by atoms with Crippen molar-refractivity contribution in [2.45, 2.75) is 52.4 Å². The number of fused-ring (bicyclic) bond motifs is 1. The second-order valence-corrected chi connectivity index (χ2v) is 7.44. The molecule has 10 heteroatoms. The molecule has 1 aliphatic rings. The molecular weight excluding hydrogens is 392 g/mol. The zero-order valence-corrected chi connectivity index (χ0v) is 17.8. The Balaban J connectivity index is 1.93. The van der Waals surface area contributed by atoms with Gasteiger partial charge in [-0.3, -0.25) is 9.59 Å². The van der Waals surface area contributed by atoms with E-state index < -0.39 is 11.5 Å². The lowest BCUT2D eigenvalue weighted by molar-refractivity contribution is -0.143. The van der Waals surface area contributed by atoms with Crippen LogP contribution in [0.3, 0.4) is 0 Å². The number of nitrogens with zero attached hydrogens (tertiary/aromatic N) is 4. The van der Waals surface area contributed by atoms with Crippen molar-refractivity contribution in [3.8, 4) is 5.75 Å². The minimum Gasteiger partial charge on any atom is -0.486 e. The van der Waals surface area contributed by atoms with Gasteiger partial charge in [-0.25, -0.2) is 14.2 Å². The van der Waals surface area contributed by atoms with Gasteiger partial charge >= 0.3 is 11.5 Å². The number of imidazole rings is 1. The van der Waals surface area contributed by atoms with Crippen molar-refractivity contribution in [3.05, 3.63) is 28.4 Å². The first-order valence-corrected chi connectivity index (χ1v) is 10.1. The molecule has 0 bridgehead atoms. The number of ether oxygens (including phenoxy) is 3. The summed E-state index contributed by atoms with van der Waals surface area (Å²) >= 11 is 0. The van der Waals surface area contributed by atoms with E-state index in [2.05, 4.69) is 4.98 Å². The summed E-state index contributed by atoms with van der Waals surface area (Å²) in [5.74, 6) is -0.859. The van der Waals surface area contributed by atoms with E-state index in [4.69, 9.17) is 14.2 Å². The van der Waals surface area contributed by atoms with Crippen LogP contribution in [0, 0.1) is 0 Å². The Hall–Kier alpha value is -2.88. The van der Waals surface area contributed by atoms with E-state index in [-0.39, 0.29) is 48.5 Å². The van der Waals surface area contributed by atoms with Gasteiger partial charge < -0.3 is 23.7 Å². The minimum absolute atomic E-state index is 0.0149. The number of unbranched alkanes of at least 4 members (excludes halogenated alkanes) is 1. The number of methoxy groups -OCH3 is 1. The molecule has 30 heavy (non-hydrogen) atoms. The first-order chi connectivity index (χ1) is 14.3. The Morgan fingerprint density at radius 1 is 1.23 bits per heavy atom. The quantitative estimate of drug-likeness (QED) is 0.488. The van der Waals surface area contributed by atoms with Gasteiger partial charge in [0, 0.05) is 25.5 Å². The average molecular weight is 420 g/mol. The van der Waals surface area contributed by atoms with Crippen LogP contribution >= 0.6 is 0 Å². The van der Waals surface area contributed by atoms with Crippen molar-refractivity contribution in [3.63, 3.8) is 0 Å². The molecule has 164 valence electrons. The highest BCUT2D eigenvalue weighted by Crippen LogP contribution is 2.16. The predicted octanol–water partition coefficient (Wildman–Crippen LogP) is 1.10. The molecule has 3 heterocycles. The fourth-order valence-electron chi connectivity index (χ4n) is 3.49. The number of hydrogen-bond donors (Lipinski definition) is 0. The van der Waals surface area contributed by atoms with Crippen LogP contribution in [-0.2, 0) is 20.8 Å². The van der Waals surface area contributed by atoms with Gasteiger partial charge in [0.15, 0.2) is 5.69 Å². The van der Waals surface area contributed by atoms with Gasteiger partial charge in [-0.1, -0.05) is 13.3 Å². The third kappa shape index (κ3) is 4.48. The molecule has 2 aromatic rings. The number of amides is 1. The van der Waals surface area contributed by atoms with E-state index in [1.54, 1.807) is 11.1 Å². The number of hydrogen-bond acceptors (Lipinski definition) is 7. The number of rotatable bonds is 7. The number of carbonyl (C=O) groups excluding carboxylic acids is 2. The summed E-state index contributed by atoms with van der Waals surface area (Å²) in [5.41, 5.74) is -0.712. The van der Waals surface area contributed by atoms with Gasteiger partial charge in [-0.05, 0) is 20.3 Å². The van der Waals surface area contributed by atoms with Gasteiger partial charge in [-0.15, -0.1) is 0 Å². The Morgan fingerprint density at radius 2 is 1.93 bits per heavy atom. The van der Waals surface area contributed by atoms with Crippen LogP contribution in [0.4, 0.5) is 0 Å². The van der Waals surface area contributed by atoms with Crippen molar-refractivity contribution in [1.82, 2.24) is 18.9 Å². The average Bonchev–Trinajstić information content (AvgIpc) is 3.11.